The predicted molar refractivity (Wildman–Crippen MR) is 105 cm³/mol. The lowest BCUT2D eigenvalue weighted by molar-refractivity contribution is 0.194. The Morgan fingerprint density at radius 3 is 2.40 bits per heavy atom. The maximum atomic E-state index is 9.66. The van der Waals surface area contributed by atoms with Gasteiger partial charge in [0.1, 0.15) is 0 Å². The third-order valence-electron chi connectivity index (χ3n) is 4.31. The molecule has 0 radical (unpaired) electrons. The van der Waals surface area contributed by atoms with Gasteiger partial charge in [0, 0.05) is 19.1 Å². The molecule has 1 heterocycles. The molecule has 1 rings (SSSR count). The average Bonchev–Trinajstić information content (AvgIpc) is 2.59. The molecule has 0 amide bonds. The van der Waals surface area contributed by atoms with Crippen molar-refractivity contribution in [1.82, 2.24) is 20.1 Å². The zero-order valence-corrected chi connectivity index (χ0v) is 16.4. The zero-order valence-electron chi connectivity index (χ0n) is 16.4. The van der Waals surface area contributed by atoms with Crippen LogP contribution in [-0.4, -0.2) is 73.3 Å². The van der Waals surface area contributed by atoms with Crippen molar-refractivity contribution in [2.24, 2.45) is 5.73 Å². The summed E-state index contributed by atoms with van der Waals surface area (Å²) < 4.78 is 0. The first kappa shape index (κ1) is 22.0. The molecule has 0 aliphatic rings. The summed E-state index contributed by atoms with van der Waals surface area (Å²) >= 11 is 0. The van der Waals surface area contributed by atoms with Crippen LogP contribution < -0.4 is 11.1 Å². The lowest BCUT2D eigenvalue weighted by Crippen LogP contribution is -2.35. The second-order valence-electron chi connectivity index (χ2n) is 6.98. The van der Waals surface area contributed by atoms with Crippen LogP contribution in [-0.2, 0) is 0 Å². The van der Waals surface area contributed by atoms with E-state index in [9.17, 15) is 5.11 Å². The van der Waals surface area contributed by atoms with Gasteiger partial charge < -0.3 is 26.0 Å². The number of rotatable bonds is 13. The van der Waals surface area contributed by atoms with Gasteiger partial charge in [0.05, 0.1) is 17.5 Å². The molecule has 0 bridgehead atoms. The molecule has 0 aliphatic carbocycles. The molecule has 1 aromatic rings. The minimum absolute atomic E-state index is 0.179. The van der Waals surface area contributed by atoms with Crippen LogP contribution in [0.5, 0.6) is 0 Å². The van der Waals surface area contributed by atoms with Crippen molar-refractivity contribution in [2.45, 2.75) is 38.8 Å². The molecule has 0 fully saturated rings. The van der Waals surface area contributed by atoms with Gasteiger partial charge in [-0.1, -0.05) is 6.07 Å². The number of nitrogens with zero attached hydrogens (tertiary/aromatic N) is 3. The predicted octanol–water partition coefficient (Wildman–Crippen LogP) is 1.39. The van der Waals surface area contributed by atoms with Gasteiger partial charge in [-0.05, 0) is 79.1 Å². The second-order valence-corrected chi connectivity index (χ2v) is 6.98. The van der Waals surface area contributed by atoms with Crippen LogP contribution in [0.2, 0.25) is 0 Å². The van der Waals surface area contributed by atoms with Gasteiger partial charge in [-0.15, -0.1) is 0 Å². The first-order chi connectivity index (χ1) is 11.9. The maximum absolute atomic E-state index is 9.66. The topological polar surface area (TPSA) is 77.7 Å². The van der Waals surface area contributed by atoms with Crippen LogP contribution in [0.15, 0.2) is 18.2 Å². The number of likely N-dealkylation sites (N-methyl/N-ethyl adjacent to an activating group) is 1. The minimum Gasteiger partial charge on any atom is -0.387 e. The van der Waals surface area contributed by atoms with E-state index in [0.717, 1.165) is 63.5 Å². The largest absolute Gasteiger partial charge is 0.387 e. The third kappa shape index (κ3) is 9.28. The molecule has 0 saturated carbocycles. The summed E-state index contributed by atoms with van der Waals surface area (Å²) in [6.07, 6.45) is 1.62. The van der Waals surface area contributed by atoms with Crippen molar-refractivity contribution in [3.05, 3.63) is 29.6 Å². The van der Waals surface area contributed by atoms with Crippen molar-refractivity contribution in [1.29, 1.82) is 0 Å². The van der Waals surface area contributed by atoms with Crippen molar-refractivity contribution in [2.75, 3.05) is 53.4 Å². The van der Waals surface area contributed by atoms with E-state index in [0.29, 0.717) is 0 Å². The fourth-order valence-corrected chi connectivity index (χ4v) is 2.66. The van der Waals surface area contributed by atoms with Gasteiger partial charge >= 0.3 is 0 Å². The number of aliphatic hydroxyl groups excluding tert-OH is 1. The van der Waals surface area contributed by atoms with Gasteiger partial charge in [-0.3, -0.25) is 4.98 Å². The van der Waals surface area contributed by atoms with Gasteiger partial charge in [0.25, 0.3) is 0 Å². The van der Waals surface area contributed by atoms with E-state index in [1.807, 2.05) is 18.2 Å². The number of aliphatic hydroxyl groups is 1. The van der Waals surface area contributed by atoms with Crippen LogP contribution in [0.1, 0.15) is 50.2 Å². The summed E-state index contributed by atoms with van der Waals surface area (Å²) in [7, 11) is 4.22. The number of nitrogens with two attached hydrogens (primary N) is 1. The molecule has 0 spiro atoms. The van der Waals surface area contributed by atoms with Crippen LogP contribution in [0, 0.1) is 0 Å². The molecule has 0 unspecified atom stereocenters. The van der Waals surface area contributed by atoms with Crippen molar-refractivity contribution in [3.8, 4) is 0 Å². The summed E-state index contributed by atoms with van der Waals surface area (Å²) in [6.45, 7) is 9.86. The lowest BCUT2D eigenvalue weighted by atomic mass is 10.1. The molecule has 4 N–H and O–H groups in total. The smallest absolute Gasteiger partial charge is 0.0931 e. The number of pyridine rings is 1. The molecule has 0 saturated heterocycles. The van der Waals surface area contributed by atoms with Crippen molar-refractivity contribution in [3.63, 3.8) is 0 Å². The SMILES string of the molecule is C[C@H](NCCCN(CCCN)CCN(C)C)c1cccc([C@@H](C)O)n1. The molecule has 2 atom stereocenters. The summed E-state index contributed by atoms with van der Waals surface area (Å²) in [5.41, 5.74) is 7.35. The standard InChI is InChI=1S/C19H37N5O/c1-16(18-8-5-9-19(22-18)17(2)25)21-11-7-13-24(12-6-10-20)15-14-23(3)4/h5,8-9,16-17,21,25H,6-7,10-15,20H2,1-4H3/t16-,17+/m0/s1. The average molecular weight is 352 g/mol. The number of nitrogens with one attached hydrogen (secondary N) is 1. The fraction of sp³-hybridized carbons (Fsp3) is 0.737. The number of hydrogen-bond acceptors (Lipinski definition) is 6. The van der Waals surface area contributed by atoms with Crippen molar-refractivity contribution < 1.29 is 5.11 Å². The van der Waals surface area contributed by atoms with Gasteiger partial charge in [0.2, 0.25) is 0 Å². The van der Waals surface area contributed by atoms with E-state index in [4.69, 9.17) is 5.73 Å². The molecule has 0 aromatic carbocycles. The normalized spacial score (nSPS) is 14.2. The molecule has 144 valence electrons. The Morgan fingerprint density at radius 2 is 1.76 bits per heavy atom. The summed E-state index contributed by atoms with van der Waals surface area (Å²) in [5, 5.41) is 13.2. The molecular formula is C19H37N5O. The quantitative estimate of drug-likeness (QED) is 0.466. The minimum atomic E-state index is -0.528. The Morgan fingerprint density at radius 1 is 1.08 bits per heavy atom. The zero-order chi connectivity index (χ0) is 18.7. The van der Waals surface area contributed by atoms with E-state index in [1.165, 1.54) is 0 Å². The highest BCUT2D eigenvalue weighted by molar-refractivity contribution is 5.15. The van der Waals surface area contributed by atoms with Gasteiger partial charge in [0.15, 0.2) is 0 Å². The summed E-state index contributed by atoms with van der Waals surface area (Å²) in [6, 6.07) is 6.01. The highest BCUT2D eigenvalue weighted by Crippen LogP contribution is 2.14. The molecular weight excluding hydrogens is 314 g/mol. The molecule has 6 nitrogen and oxygen atoms in total. The first-order valence-electron chi connectivity index (χ1n) is 9.39. The van der Waals surface area contributed by atoms with E-state index in [2.05, 4.69) is 41.1 Å². The molecule has 0 aliphatic heterocycles. The van der Waals surface area contributed by atoms with E-state index in [-0.39, 0.29) is 6.04 Å². The Bertz CT molecular complexity index is 467. The van der Waals surface area contributed by atoms with Crippen LogP contribution in [0.25, 0.3) is 0 Å². The van der Waals surface area contributed by atoms with Gasteiger partial charge in [-0.25, -0.2) is 0 Å². The fourth-order valence-electron chi connectivity index (χ4n) is 2.66. The van der Waals surface area contributed by atoms with E-state index in [1.54, 1.807) is 6.92 Å². The van der Waals surface area contributed by atoms with Crippen LogP contribution in [0.3, 0.4) is 0 Å². The lowest BCUT2D eigenvalue weighted by Gasteiger charge is -2.24. The van der Waals surface area contributed by atoms with Crippen LogP contribution in [0.4, 0.5) is 0 Å². The number of hydrogen-bond donors (Lipinski definition) is 3. The highest BCUT2D eigenvalue weighted by Gasteiger charge is 2.10. The molecule has 1 aromatic heterocycles. The van der Waals surface area contributed by atoms with E-state index >= 15 is 0 Å². The second kappa shape index (κ2) is 12.3. The van der Waals surface area contributed by atoms with E-state index < -0.39 is 6.10 Å². The van der Waals surface area contributed by atoms with Crippen LogP contribution >= 0.6 is 0 Å². The van der Waals surface area contributed by atoms with Gasteiger partial charge in [-0.2, -0.15) is 0 Å². The monoisotopic (exact) mass is 351 g/mol. The Balaban J connectivity index is 2.37. The Kier molecular flexibility index (Phi) is 10.8. The van der Waals surface area contributed by atoms with Crippen molar-refractivity contribution >= 4 is 0 Å². The highest BCUT2D eigenvalue weighted by atomic mass is 16.3. The maximum Gasteiger partial charge on any atom is 0.0931 e. The Labute approximate surface area is 153 Å². The first-order valence-corrected chi connectivity index (χ1v) is 9.39. The summed E-state index contributed by atoms with van der Waals surface area (Å²) in [5.74, 6) is 0. The number of aromatic nitrogens is 1. The Hall–Kier alpha value is -1.05. The third-order valence-corrected chi connectivity index (χ3v) is 4.31. The molecule has 25 heavy (non-hydrogen) atoms. The summed E-state index contributed by atoms with van der Waals surface area (Å²) in [4.78, 5) is 9.24. The molecule has 6 heteroatoms.